The van der Waals surface area contributed by atoms with Crippen LogP contribution < -0.4 is 0 Å². The van der Waals surface area contributed by atoms with Crippen LogP contribution in [0.4, 0.5) is 8.78 Å². The molecule has 0 radical (unpaired) electrons. The van der Waals surface area contributed by atoms with Gasteiger partial charge in [0.2, 0.25) is 0 Å². The van der Waals surface area contributed by atoms with Crippen LogP contribution in [-0.4, -0.2) is 12.3 Å². The van der Waals surface area contributed by atoms with Crippen molar-refractivity contribution in [2.45, 2.75) is 46.0 Å². The van der Waals surface area contributed by atoms with Crippen LogP contribution in [-0.2, 0) is 0 Å². The summed E-state index contributed by atoms with van der Waals surface area (Å²) < 4.78 is 24.9. The van der Waals surface area contributed by atoms with Gasteiger partial charge in [0.15, 0.2) is 0 Å². The van der Waals surface area contributed by atoms with E-state index in [9.17, 15) is 8.78 Å². The summed E-state index contributed by atoms with van der Waals surface area (Å²) in [7, 11) is 0. The summed E-state index contributed by atoms with van der Waals surface area (Å²) in [5.41, 5.74) is 0. The summed E-state index contributed by atoms with van der Waals surface area (Å²) in [5, 5.41) is 0. The highest BCUT2D eigenvalue weighted by atomic mass is 19.1. The Kier molecular flexibility index (Phi) is 4.58. The van der Waals surface area contributed by atoms with Gasteiger partial charge < -0.3 is 0 Å². The maximum atomic E-state index is 12.7. The monoisotopic (exact) mass is 150 g/mol. The van der Waals surface area contributed by atoms with Crippen molar-refractivity contribution in [2.75, 3.05) is 0 Å². The van der Waals surface area contributed by atoms with Crippen LogP contribution >= 0.6 is 0 Å². The van der Waals surface area contributed by atoms with E-state index in [1.165, 1.54) is 6.92 Å². The Morgan fingerprint density at radius 2 is 1.50 bits per heavy atom. The molecule has 0 heterocycles. The van der Waals surface area contributed by atoms with E-state index < -0.39 is 12.3 Å². The van der Waals surface area contributed by atoms with Crippen LogP contribution in [0, 0.1) is 5.92 Å². The lowest BCUT2D eigenvalue weighted by Crippen LogP contribution is -2.10. The van der Waals surface area contributed by atoms with Gasteiger partial charge in [-0.15, -0.1) is 0 Å². The van der Waals surface area contributed by atoms with E-state index >= 15 is 0 Å². The average molecular weight is 150 g/mol. The van der Waals surface area contributed by atoms with Crippen LogP contribution in [0.2, 0.25) is 0 Å². The average Bonchev–Trinajstić information content (AvgIpc) is 1.82. The minimum atomic E-state index is -0.864. The van der Waals surface area contributed by atoms with E-state index in [0.717, 1.165) is 0 Å². The van der Waals surface area contributed by atoms with Gasteiger partial charge in [-0.1, -0.05) is 13.8 Å². The fraction of sp³-hybridized carbons (Fsp3) is 1.00. The van der Waals surface area contributed by atoms with Gasteiger partial charge in [-0.2, -0.15) is 0 Å². The van der Waals surface area contributed by atoms with Crippen LogP contribution in [0.25, 0.3) is 0 Å². The topological polar surface area (TPSA) is 0 Å². The molecule has 0 spiro atoms. The Morgan fingerprint density at radius 1 is 1.00 bits per heavy atom. The summed E-state index contributed by atoms with van der Waals surface area (Å²) >= 11 is 0. The first-order valence-corrected chi connectivity index (χ1v) is 3.82. The number of hydrogen-bond donors (Lipinski definition) is 0. The van der Waals surface area contributed by atoms with Crippen molar-refractivity contribution in [1.29, 1.82) is 0 Å². The van der Waals surface area contributed by atoms with E-state index in [4.69, 9.17) is 0 Å². The number of hydrogen-bond acceptors (Lipinski definition) is 0. The van der Waals surface area contributed by atoms with Crippen molar-refractivity contribution in [1.82, 2.24) is 0 Å². The van der Waals surface area contributed by atoms with Gasteiger partial charge in [0.1, 0.15) is 6.17 Å². The van der Waals surface area contributed by atoms with Crippen LogP contribution in [0.1, 0.15) is 33.6 Å². The van der Waals surface area contributed by atoms with Gasteiger partial charge in [0, 0.05) is 0 Å². The zero-order chi connectivity index (χ0) is 8.15. The second-order valence-corrected chi connectivity index (χ2v) is 3.12. The van der Waals surface area contributed by atoms with Gasteiger partial charge in [0.25, 0.3) is 0 Å². The molecule has 0 N–H and O–H groups in total. The second kappa shape index (κ2) is 4.64. The van der Waals surface area contributed by atoms with Gasteiger partial charge in [0.05, 0.1) is 6.17 Å². The quantitative estimate of drug-likeness (QED) is 0.577. The van der Waals surface area contributed by atoms with Crippen molar-refractivity contribution >= 4 is 0 Å². The van der Waals surface area contributed by atoms with Gasteiger partial charge in [-0.3, -0.25) is 0 Å². The number of halogens is 2. The first-order chi connectivity index (χ1) is 4.54. The van der Waals surface area contributed by atoms with E-state index in [1.807, 2.05) is 13.8 Å². The molecule has 0 aromatic carbocycles. The molecule has 0 nitrogen and oxygen atoms in total. The van der Waals surface area contributed by atoms with Gasteiger partial charge >= 0.3 is 0 Å². The first kappa shape index (κ1) is 9.86. The lowest BCUT2D eigenvalue weighted by molar-refractivity contribution is 0.211. The summed E-state index contributed by atoms with van der Waals surface area (Å²) in [6, 6.07) is 0. The molecular formula is C8H16F2. The molecule has 0 saturated carbocycles. The lowest BCUT2D eigenvalue weighted by atomic mass is 10.0. The molecule has 0 fully saturated rings. The highest BCUT2D eigenvalue weighted by molar-refractivity contribution is 4.62. The molecule has 0 aliphatic heterocycles. The molecule has 10 heavy (non-hydrogen) atoms. The summed E-state index contributed by atoms with van der Waals surface area (Å²) in [6.45, 7) is 5.09. The molecule has 0 saturated heterocycles. The third-order valence-corrected chi connectivity index (χ3v) is 1.56. The summed E-state index contributed by atoms with van der Waals surface area (Å²) in [6.07, 6.45) is -0.996. The van der Waals surface area contributed by atoms with Crippen molar-refractivity contribution < 1.29 is 8.78 Å². The van der Waals surface area contributed by atoms with Crippen molar-refractivity contribution in [3.63, 3.8) is 0 Å². The summed E-state index contributed by atoms with van der Waals surface area (Å²) in [5.74, 6) is 0.0266. The highest BCUT2D eigenvalue weighted by Gasteiger charge is 2.12. The molecule has 0 aliphatic carbocycles. The highest BCUT2D eigenvalue weighted by Crippen LogP contribution is 2.14. The second-order valence-electron chi connectivity index (χ2n) is 3.12. The number of alkyl halides is 2. The fourth-order valence-corrected chi connectivity index (χ4v) is 0.722. The van der Waals surface area contributed by atoms with E-state index in [0.29, 0.717) is 12.8 Å². The zero-order valence-electron chi connectivity index (χ0n) is 6.90. The molecule has 0 aliphatic rings. The molecule has 2 heteroatoms. The maximum absolute atomic E-state index is 12.7. The van der Waals surface area contributed by atoms with E-state index in [1.54, 1.807) is 0 Å². The van der Waals surface area contributed by atoms with E-state index in [-0.39, 0.29) is 5.92 Å². The molecule has 0 amide bonds. The third-order valence-electron chi connectivity index (χ3n) is 1.56. The minimum Gasteiger partial charge on any atom is -0.248 e. The SMILES string of the molecule is CC(F)CCC(F)C(C)C. The zero-order valence-corrected chi connectivity index (χ0v) is 6.90. The molecule has 0 aromatic heterocycles. The molecule has 62 valence electrons. The van der Waals surface area contributed by atoms with E-state index in [2.05, 4.69) is 0 Å². The van der Waals surface area contributed by atoms with Gasteiger partial charge in [-0.25, -0.2) is 8.78 Å². The molecule has 0 aromatic rings. The molecular weight excluding hydrogens is 134 g/mol. The predicted molar refractivity (Wildman–Crippen MR) is 39.5 cm³/mol. The minimum absolute atomic E-state index is 0.0266. The third kappa shape index (κ3) is 4.71. The Balaban J connectivity index is 3.30. The summed E-state index contributed by atoms with van der Waals surface area (Å²) in [4.78, 5) is 0. The molecule has 0 bridgehead atoms. The normalized spacial score (nSPS) is 17.4. The largest absolute Gasteiger partial charge is 0.248 e. The van der Waals surface area contributed by atoms with Crippen LogP contribution in [0.3, 0.4) is 0 Å². The van der Waals surface area contributed by atoms with Crippen LogP contribution in [0.5, 0.6) is 0 Å². The molecule has 0 rings (SSSR count). The maximum Gasteiger partial charge on any atom is 0.102 e. The lowest BCUT2D eigenvalue weighted by Gasteiger charge is -2.11. The van der Waals surface area contributed by atoms with Gasteiger partial charge in [-0.05, 0) is 25.7 Å². The number of rotatable bonds is 4. The fourth-order valence-electron chi connectivity index (χ4n) is 0.722. The Hall–Kier alpha value is -0.140. The Labute approximate surface area is 61.6 Å². The Bertz CT molecular complexity index is 79.3. The van der Waals surface area contributed by atoms with Crippen LogP contribution in [0.15, 0.2) is 0 Å². The molecule has 2 atom stereocenters. The molecule has 2 unspecified atom stereocenters. The standard InChI is InChI=1S/C8H16F2/c1-6(2)8(10)5-4-7(3)9/h6-8H,4-5H2,1-3H3. The van der Waals surface area contributed by atoms with Crippen molar-refractivity contribution in [2.24, 2.45) is 5.92 Å². The predicted octanol–water partition coefficient (Wildman–Crippen LogP) is 3.12. The van der Waals surface area contributed by atoms with Crippen molar-refractivity contribution in [3.05, 3.63) is 0 Å². The van der Waals surface area contributed by atoms with Crippen molar-refractivity contribution in [3.8, 4) is 0 Å². The smallest absolute Gasteiger partial charge is 0.102 e. The Morgan fingerprint density at radius 3 is 1.80 bits per heavy atom. The first-order valence-electron chi connectivity index (χ1n) is 3.82.